The average Bonchev–Trinajstić information content (AvgIpc) is 3.31. The summed E-state index contributed by atoms with van der Waals surface area (Å²) >= 11 is 0. The SMILES string of the molecule is Cc1cc(C(N)=O)ccc1NCc1ccc(C2CC2)cc1. The van der Waals surface area contributed by atoms with Gasteiger partial charge in [0, 0.05) is 17.8 Å². The number of anilines is 1. The molecule has 3 N–H and O–H groups in total. The standard InChI is InChI=1S/C18H20N2O/c1-12-10-16(18(19)21)8-9-17(12)20-11-13-2-4-14(5-3-13)15-6-7-15/h2-5,8-10,15,20H,6-7,11H2,1H3,(H2,19,21). The van der Waals surface area contributed by atoms with Gasteiger partial charge in [-0.1, -0.05) is 24.3 Å². The molecule has 3 heteroatoms. The zero-order valence-corrected chi connectivity index (χ0v) is 12.2. The van der Waals surface area contributed by atoms with E-state index in [-0.39, 0.29) is 5.91 Å². The molecule has 1 amide bonds. The van der Waals surface area contributed by atoms with Crippen LogP contribution in [-0.2, 0) is 6.54 Å². The Kier molecular flexibility index (Phi) is 3.65. The monoisotopic (exact) mass is 280 g/mol. The molecule has 3 rings (SSSR count). The smallest absolute Gasteiger partial charge is 0.248 e. The fourth-order valence-electron chi connectivity index (χ4n) is 2.54. The first-order chi connectivity index (χ1) is 10.1. The summed E-state index contributed by atoms with van der Waals surface area (Å²) in [6, 6.07) is 14.3. The van der Waals surface area contributed by atoms with Gasteiger partial charge < -0.3 is 11.1 Å². The van der Waals surface area contributed by atoms with E-state index in [1.54, 1.807) is 6.07 Å². The molecule has 1 saturated carbocycles. The molecule has 0 unspecified atom stereocenters. The van der Waals surface area contributed by atoms with Crippen LogP contribution in [0.3, 0.4) is 0 Å². The third-order valence-electron chi connectivity index (χ3n) is 4.02. The Hall–Kier alpha value is -2.29. The van der Waals surface area contributed by atoms with Gasteiger partial charge in [0.05, 0.1) is 0 Å². The molecule has 0 heterocycles. The van der Waals surface area contributed by atoms with E-state index in [1.165, 1.54) is 24.0 Å². The number of carbonyl (C=O) groups excluding carboxylic acids is 1. The van der Waals surface area contributed by atoms with Crippen molar-refractivity contribution in [1.82, 2.24) is 0 Å². The van der Waals surface area contributed by atoms with Crippen molar-refractivity contribution in [3.63, 3.8) is 0 Å². The van der Waals surface area contributed by atoms with Crippen LogP contribution in [0.1, 0.15) is 45.8 Å². The first-order valence-electron chi connectivity index (χ1n) is 7.36. The molecule has 1 aliphatic carbocycles. The topological polar surface area (TPSA) is 55.1 Å². The summed E-state index contributed by atoms with van der Waals surface area (Å²) in [5.74, 6) is 0.413. The summed E-state index contributed by atoms with van der Waals surface area (Å²) in [7, 11) is 0. The van der Waals surface area contributed by atoms with Crippen molar-refractivity contribution in [3.05, 3.63) is 64.7 Å². The summed E-state index contributed by atoms with van der Waals surface area (Å²) in [4.78, 5) is 11.1. The van der Waals surface area contributed by atoms with Gasteiger partial charge in [0.2, 0.25) is 5.91 Å². The van der Waals surface area contributed by atoms with Crippen LogP contribution in [0.4, 0.5) is 5.69 Å². The van der Waals surface area contributed by atoms with Gasteiger partial charge in [0.15, 0.2) is 0 Å². The summed E-state index contributed by atoms with van der Waals surface area (Å²) < 4.78 is 0. The molecule has 1 fully saturated rings. The van der Waals surface area contributed by atoms with Crippen LogP contribution in [0.5, 0.6) is 0 Å². The fourth-order valence-corrected chi connectivity index (χ4v) is 2.54. The molecule has 108 valence electrons. The number of amides is 1. The summed E-state index contributed by atoms with van der Waals surface area (Å²) in [6.45, 7) is 2.76. The zero-order valence-electron chi connectivity index (χ0n) is 12.2. The quantitative estimate of drug-likeness (QED) is 0.879. The number of aryl methyl sites for hydroxylation is 1. The maximum atomic E-state index is 11.1. The van der Waals surface area contributed by atoms with Crippen molar-refractivity contribution in [2.45, 2.75) is 32.2 Å². The average molecular weight is 280 g/mol. The predicted octanol–water partition coefficient (Wildman–Crippen LogP) is 3.58. The van der Waals surface area contributed by atoms with E-state index in [0.717, 1.165) is 23.7 Å². The normalized spacial score (nSPS) is 14.0. The number of hydrogen-bond acceptors (Lipinski definition) is 2. The highest BCUT2D eigenvalue weighted by Crippen LogP contribution is 2.39. The molecular formula is C18H20N2O. The van der Waals surface area contributed by atoms with Gasteiger partial charge in [-0.05, 0) is 60.6 Å². The number of benzene rings is 2. The van der Waals surface area contributed by atoms with Crippen LogP contribution in [0.15, 0.2) is 42.5 Å². The Bertz CT molecular complexity index is 657. The zero-order chi connectivity index (χ0) is 14.8. The Balaban J connectivity index is 1.65. The third-order valence-corrected chi connectivity index (χ3v) is 4.02. The molecule has 2 aromatic carbocycles. The van der Waals surface area contributed by atoms with Gasteiger partial charge in [-0.2, -0.15) is 0 Å². The van der Waals surface area contributed by atoms with E-state index in [1.807, 2.05) is 19.1 Å². The van der Waals surface area contributed by atoms with Crippen molar-refractivity contribution in [2.24, 2.45) is 5.73 Å². The van der Waals surface area contributed by atoms with Crippen LogP contribution < -0.4 is 11.1 Å². The van der Waals surface area contributed by atoms with E-state index >= 15 is 0 Å². The van der Waals surface area contributed by atoms with Crippen LogP contribution in [0.2, 0.25) is 0 Å². The second-order valence-corrected chi connectivity index (χ2v) is 5.76. The molecule has 21 heavy (non-hydrogen) atoms. The minimum Gasteiger partial charge on any atom is -0.381 e. The Morgan fingerprint density at radius 3 is 2.48 bits per heavy atom. The van der Waals surface area contributed by atoms with Crippen molar-refractivity contribution in [3.8, 4) is 0 Å². The first-order valence-corrected chi connectivity index (χ1v) is 7.36. The van der Waals surface area contributed by atoms with Gasteiger partial charge in [-0.25, -0.2) is 0 Å². The number of primary amides is 1. The summed E-state index contributed by atoms with van der Waals surface area (Å²) in [5, 5.41) is 3.41. The number of nitrogens with two attached hydrogens (primary N) is 1. The summed E-state index contributed by atoms with van der Waals surface area (Å²) in [6.07, 6.45) is 2.67. The van der Waals surface area contributed by atoms with Gasteiger partial charge in [0.25, 0.3) is 0 Å². The van der Waals surface area contributed by atoms with Gasteiger partial charge in [0.1, 0.15) is 0 Å². The number of hydrogen-bond donors (Lipinski definition) is 2. The van der Waals surface area contributed by atoms with Gasteiger partial charge in [-0.15, -0.1) is 0 Å². The molecule has 1 aliphatic rings. The minimum atomic E-state index is -0.389. The van der Waals surface area contributed by atoms with E-state index in [0.29, 0.717) is 5.56 Å². The summed E-state index contributed by atoms with van der Waals surface area (Å²) in [5.41, 5.74) is 10.6. The molecule has 0 bridgehead atoms. The second-order valence-electron chi connectivity index (χ2n) is 5.76. The highest BCUT2D eigenvalue weighted by Gasteiger charge is 2.22. The van der Waals surface area contributed by atoms with Crippen LogP contribution in [-0.4, -0.2) is 5.91 Å². The molecule has 2 aromatic rings. The number of nitrogens with one attached hydrogen (secondary N) is 1. The Morgan fingerprint density at radius 1 is 1.19 bits per heavy atom. The molecule has 0 saturated heterocycles. The Morgan fingerprint density at radius 2 is 1.90 bits per heavy atom. The largest absolute Gasteiger partial charge is 0.381 e. The lowest BCUT2D eigenvalue weighted by molar-refractivity contribution is 0.1000. The lowest BCUT2D eigenvalue weighted by atomic mass is 10.1. The lowest BCUT2D eigenvalue weighted by Gasteiger charge is -2.11. The second kappa shape index (κ2) is 5.60. The van der Waals surface area contributed by atoms with Crippen molar-refractivity contribution >= 4 is 11.6 Å². The fraction of sp³-hybridized carbons (Fsp3) is 0.278. The van der Waals surface area contributed by atoms with Crippen LogP contribution in [0.25, 0.3) is 0 Å². The first kappa shape index (κ1) is 13.7. The van der Waals surface area contributed by atoms with Crippen LogP contribution >= 0.6 is 0 Å². The van der Waals surface area contributed by atoms with Crippen LogP contribution in [0, 0.1) is 6.92 Å². The predicted molar refractivity (Wildman–Crippen MR) is 85.4 cm³/mol. The van der Waals surface area contributed by atoms with Gasteiger partial charge >= 0.3 is 0 Å². The van der Waals surface area contributed by atoms with E-state index in [9.17, 15) is 4.79 Å². The maximum absolute atomic E-state index is 11.1. The van der Waals surface area contributed by atoms with Crippen molar-refractivity contribution in [1.29, 1.82) is 0 Å². The van der Waals surface area contributed by atoms with E-state index in [4.69, 9.17) is 5.73 Å². The molecule has 0 spiro atoms. The molecule has 3 nitrogen and oxygen atoms in total. The van der Waals surface area contributed by atoms with Crippen molar-refractivity contribution < 1.29 is 4.79 Å². The number of rotatable bonds is 5. The van der Waals surface area contributed by atoms with E-state index < -0.39 is 0 Å². The van der Waals surface area contributed by atoms with E-state index in [2.05, 4.69) is 29.6 Å². The van der Waals surface area contributed by atoms with Gasteiger partial charge in [-0.3, -0.25) is 4.79 Å². The van der Waals surface area contributed by atoms with Crippen molar-refractivity contribution in [2.75, 3.05) is 5.32 Å². The minimum absolute atomic E-state index is 0.389. The molecule has 0 aromatic heterocycles. The molecular weight excluding hydrogens is 260 g/mol. The third kappa shape index (κ3) is 3.24. The lowest BCUT2D eigenvalue weighted by Crippen LogP contribution is -2.11. The number of carbonyl (C=O) groups is 1. The molecule has 0 radical (unpaired) electrons. The Labute approximate surface area is 125 Å². The maximum Gasteiger partial charge on any atom is 0.248 e. The molecule has 0 aliphatic heterocycles. The highest BCUT2D eigenvalue weighted by atomic mass is 16.1. The highest BCUT2D eigenvalue weighted by molar-refractivity contribution is 5.93. The molecule has 0 atom stereocenters.